The molecule has 15 heteroatoms. The third kappa shape index (κ3) is 9.74. The van der Waals surface area contributed by atoms with Gasteiger partial charge in [-0.1, -0.05) is 65.7 Å². The third-order valence-electron chi connectivity index (χ3n) is 9.18. The second-order valence-electron chi connectivity index (χ2n) is 13.0. The molecule has 55 heavy (non-hydrogen) atoms. The van der Waals surface area contributed by atoms with E-state index in [2.05, 4.69) is 16.0 Å². The molecule has 2 saturated heterocycles. The van der Waals surface area contributed by atoms with Crippen molar-refractivity contribution in [2.75, 3.05) is 64.5 Å². The number of ketones is 1. The summed E-state index contributed by atoms with van der Waals surface area (Å²) in [6, 6.07) is 18.3. The van der Waals surface area contributed by atoms with E-state index < -0.39 is 29.7 Å². The quantitative estimate of drug-likeness (QED) is 0.117. The van der Waals surface area contributed by atoms with Crippen molar-refractivity contribution >= 4 is 76.4 Å². The number of fused-ring (bicyclic) bond motifs is 1. The van der Waals surface area contributed by atoms with Crippen molar-refractivity contribution < 1.29 is 38.2 Å². The molecule has 1 atom stereocenters. The highest BCUT2D eigenvalue weighted by Crippen LogP contribution is 2.32. The highest BCUT2D eigenvalue weighted by molar-refractivity contribution is 6.33. The number of nitrogens with zero attached hydrogens (tertiary/aromatic N) is 2. The van der Waals surface area contributed by atoms with Gasteiger partial charge in [0.1, 0.15) is 6.04 Å². The average molecular weight is 789 g/mol. The van der Waals surface area contributed by atoms with E-state index in [9.17, 15) is 28.8 Å². The molecule has 2 fully saturated rings. The van der Waals surface area contributed by atoms with Gasteiger partial charge in [-0.3, -0.25) is 43.9 Å². The van der Waals surface area contributed by atoms with Crippen molar-refractivity contribution in [1.82, 2.24) is 20.4 Å². The number of amides is 5. The molecular formula is C40H39Cl2N5O8. The number of benzene rings is 3. The zero-order chi connectivity index (χ0) is 38.9. The Hall–Kier alpha value is -5.18. The first-order valence-electron chi connectivity index (χ1n) is 17.8. The zero-order valence-corrected chi connectivity index (χ0v) is 31.3. The van der Waals surface area contributed by atoms with Crippen LogP contribution in [0.25, 0.3) is 12.2 Å². The summed E-state index contributed by atoms with van der Waals surface area (Å²) in [5.41, 5.74) is 3.26. The van der Waals surface area contributed by atoms with Gasteiger partial charge >= 0.3 is 0 Å². The molecule has 3 aromatic carbocycles. The minimum Gasteiger partial charge on any atom is -0.382 e. The molecule has 3 aliphatic heterocycles. The highest BCUT2D eigenvalue weighted by atomic mass is 35.5. The number of nitrogens with one attached hydrogen (secondary N) is 3. The summed E-state index contributed by atoms with van der Waals surface area (Å²) in [5, 5.41) is 9.21. The number of Topliss-reactive ketones (excluding diaryl/α,β-unsaturated/α-hetero) is 1. The average Bonchev–Trinajstić information content (AvgIpc) is 3.42. The number of anilines is 1. The van der Waals surface area contributed by atoms with Gasteiger partial charge in [0, 0.05) is 59.5 Å². The van der Waals surface area contributed by atoms with Gasteiger partial charge in [-0.2, -0.15) is 0 Å². The normalized spacial score (nSPS) is 18.9. The van der Waals surface area contributed by atoms with Crippen LogP contribution in [0.5, 0.6) is 0 Å². The van der Waals surface area contributed by atoms with E-state index in [1.165, 1.54) is 6.07 Å². The number of carbonyl (C=O) groups is 6. The van der Waals surface area contributed by atoms with Crippen molar-refractivity contribution in [1.29, 1.82) is 0 Å². The van der Waals surface area contributed by atoms with E-state index in [0.29, 0.717) is 44.6 Å². The number of piperidine rings is 2. The maximum absolute atomic E-state index is 13.5. The number of rotatable bonds is 15. The number of carbonyl (C=O) groups excluding carboxylic acids is 6. The molecule has 1 unspecified atom stereocenters. The molecule has 0 spiro atoms. The molecule has 13 nitrogen and oxygen atoms in total. The van der Waals surface area contributed by atoms with E-state index in [1.807, 2.05) is 41.3 Å². The molecule has 0 bridgehead atoms. The number of imide groups is 2. The third-order valence-corrected chi connectivity index (χ3v) is 9.87. The van der Waals surface area contributed by atoms with Crippen LogP contribution in [0.15, 0.2) is 77.9 Å². The maximum Gasteiger partial charge on any atom is 0.264 e. The fraction of sp³-hybridized carbons (Fsp3) is 0.300. The second-order valence-corrected chi connectivity index (χ2v) is 13.8. The van der Waals surface area contributed by atoms with Gasteiger partial charge in [-0.05, 0) is 54.0 Å². The maximum atomic E-state index is 13.5. The smallest absolute Gasteiger partial charge is 0.264 e. The minimum absolute atomic E-state index is 0.0456. The molecule has 0 aliphatic carbocycles. The molecule has 3 aliphatic rings. The minimum atomic E-state index is -1.04. The van der Waals surface area contributed by atoms with Gasteiger partial charge in [-0.15, -0.1) is 0 Å². The SMILES string of the molecule is O=C(CN1C/C(=C\c2ccccc2Cl)C(=O)/C(=C/c2ccccc2Cl)C1)NCCOCCOCCNc1cccc2c1C(=O)N(C1CCC(=O)NC1=O)C2=O. The number of likely N-dealkylation sites (tertiary alicyclic amines) is 1. The molecule has 5 amide bonds. The lowest BCUT2D eigenvalue weighted by atomic mass is 9.94. The summed E-state index contributed by atoms with van der Waals surface area (Å²) >= 11 is 12.8. The number of ether oxygens (including phenoxy) is 2. The molecule has 0 saturated carbocycles. The lowest BCUT2D eigenvalue weighted by molar-refractivity contribution is -0.136. The standard InChI is InChI=1S/C40H39Cl2N5O8/c41-30-9-3-1-6-25(30)20-27-22-46(23-28(37(27)50)21-26-7-2-4-10-31(26)42)24-35(49)44-15-17-55-19-18-54-16-14-43-32-11-5-8-29-36(32)40(53)47(39(29)52)33-12-13-34(48)45-38(33)51/h1-11,20-21,33,43H,12-19,22-24H2,(H,44,49)(H,45,48,51)/b27-20+,28-21+. The van der Waals surface area contributed by atoms with Gasteiger partial charge in [0.15, 0.2) is 5.78 Å². The monoisotopic (exact) mass is 787 g/mol. The van der Waals surface area contributed by atoms with Crippen LogP contribution >= 0.6 is 23.2 Å². The van der Waals surface area contributed by atoms with Crippen molar-refractivity contribution in [3.63, 3.8) is 0 Å². The van der Waals surface area contributed by atoms with Gasteiger partial charge in [0.25, 0.3) is 11.8 Å². The molecular weight excluding hydrogens is 749 g/mol. The van der Waals surface area contributed by atoms with Crippen LogP contribution < -0.4 is 16.0 Å². The Morgan fingerprint density at radius 1 is 0.782 bits per heavy atom. The Balaban J connectivity index is 0.913. The van der Waals surface area contributed by atoms with Gasteiger partial charge < -0.3 is 20.1 Å². The Kier molecular flexibility index (Phi) is 13.2. The topological polar surface area (TPSA) is 163 Å². The van der Waals surface area contributed by atoms with Crippen LogP contribution in [-0.2, 0) is 28.7 Å². The summed E-state index contributed by atoms with van der Waals surface area (Å²) < 4.78 is 11.2. The number of hydrogen-bond acceptors (Lipinski definition) is 10. The van der Waals surface area contributed by atoms with Crippen LogP contribution in [0, 0.1) is 0 Å². The van der Waals surface area contributed by atoms with E-state index in [1.54, 1.807) is 36.4 Å². The predicted octanol–water partition coefficient (Wildman–Crippen LogP) is 4.01. The van der Waals surface area contributed by atoms with Crippen LogP contribution in [0.2, 0.25) is 10.0 Å². The summed E-state index contributed by atoms with van der Waals surface area (Å²) in [5.74, 6) is -2.60. The lowest BCUT2D eigenvalue weighted by Crippen LogP contribution is -2.54. The zero-order valence-electron chi connectivity index (χ0n) is 29.8. The van der Waals surface area contributed by atoms with Crippen molar-refractivity contribution in [3.05, 3.63) is 110 Å². The summed E-state index contributed by atoms with van der Waals surface area (Å²) in [4.78, 5) is 79.4. The summed E-state index contributed by atoms with van der Waals surface area (Å²) in [7, 11) is 0. The Labute approximate surface area is 327 Å². The number of halogens is 2. The van der Waals surface area contributed by atoms with E-state index in [4.69, 9.17) is 32.7 Å². The fourth-order valence-electron chi connectivity index (χ4n) is 6.55. The van der Waals surface area contributed by atoms with Crippen LogP contribution in [0.1, 0.15) is 44.7 Å². The predicted molar refractivity (Wildman–Crippen MR) is 207 cm³/mol. The summed E-state index contributed by atoms with van der Waals surface area (Å²) in [6.45, 7) is 2.31. The number of hydrogen-bond donors (Lipinski definition) is 3. The first-order chi connectivity index (χ1) is 26.6. The van der Waals surface area contributed by atoms with Gasteiger partial charge in [0.2, 0.25) is 17.7 Å². The van der Waals surface area contributed by atoms with E-state index >= 15 is 0 Å². The molecule has 3 N–H and O–H groups in total. The van der Waals surface area contributed by atoms with Crippen LogP contribution in [-0.4, -0.2) is 110 Å². The van der Waals surface area contributed by atoms with E-state index in [0.717, 1.165) is 4.90 Å². The van der Waals surface area contributed by atoms with Crippen molar-refractivity contribution in [3.8, 4) is 0 Å². The fourth-order valence-corrected chi connectivity index (χ4v) is 6.93. The lowest BCUT2D eigenvalue weighted by Gasteiger charge is -2.29. The van der Waals surface area contributed by atoms with Crippen LogP contribution in [0.4, 0.5) is 5.69 Å². The Bertz CT molecular complexity index is 2000. The van der Waals surface area contributed by atoms with Gasteiger partial charge in [-0.25, -0.2) is 0 Å². The van der Waals surface area contributed by atoms with Crippen LogP contribution in [0.3, 0.4) is 0 Å². The first-order valence-corrected chi connectivity index (χ1v) is 18.5. The van der Waals surface area contributed by atoms with Crippen molar-refractivity contribution in [2.24, 2.45) is 0 Å². The van der Waals surface area contributed by atoms with Crippen molar-refractivity contribution in [2.45, 2.75) is 18.9 Å². The Morgan fingerprint density at radius 2 is 1.40 bits per heavy atom. The molecule has 6 rings (SSSR count). The molecule has 3 aromatic rings. The largest absolute Gasteiger partial charge is 0.382 e. The Morgan fingerprint density at radius 3 is 2.02 bits per heavy atom. The first kappa shape index (κ1) is 39.5. The van der Waals surface area contributed by atoms with E-state index in [-0.39, 0.29) is 88.3 Å². The molecule has 0 radical (unpaired) electrons. The second kappa shape index (κ2) is 18.4. The highest BCUT2D eigenvalue weighted by Gasteiger charge is 2.45. The molecule has 286 valence electrons. The molecule has 0 aromatic heterocycles. The molecule has 3 heterocycles. The summed E-state index contributed by atoms with van der Waals surface area (Å²) in [6.07, 6.45) is 3.65. The van der Waals surface area contributed by atoms with Gasteiger partial charge in [0.05, 0.1) is 44.1 Å².